The van der Waals surface area contributed by atoms with Crippen LogP contribution in [0.25, 0.3) is 0 Å². The van der Waals surface area contributed by atoms with Gasteiger partial charge in [-0.2, -0.15) is 0 Å². The number of hydrogen-bond acceptors (Lipinski definition) is 3. The zero-order valence-corrected chi connectivity index (χ0v) is 12.3. The lowest BCUT2D eigenvalue weighted by Crippen LogP contribution is -2.46. The third-order valence-corrected chi connectivity index (χ3v) is 4.94. The highest BCUT2D eigenvalue weighted by atomic mass is 16.5. The SMILES string of the molecule is CCC1CCCN(C2COc3ccccc3C2O)CC1. The summed E-state index contributed by atoms with van der Waals surface area (Å²) in [4.78, 5) is 2.44. The molecule has 3 nitrogen and oxygen atoms in total. The van der Waals surface area contributed by atoms with Crippen molar-refractivity contribution in [1.82, 2.24) is 4.90 Å². The normalized spacial score (nSPS) is 31.2. The van der Waals surface area contributed by atoms with Gasteiger partial charge in [0.05, 0.1) is 6.04 Å². The van der Waals surface area contributed by atoms with Crippen molar-refractivity contribution >= 4 is 0 Å². The van der Waals surface area contributed by atoms with Gasteiger partial charge in [0.25, 0.3) is 0 Å². The van der Waals surface area contributed by atoms with Crippen LogP contribution >= 0.6 is 0 Å². The highest BCUT2D eigenvalue weighted by Crippen LogP contribution is 2.35. The molecule has 2 aliphatic heterocycles. The third-order valence-electron chi connectivity index (χ3n) is 4.94. The molecular weight excluding hydrogens is 250 g/mol. The molecule has 1 aromatic rings. The molecule has 0 aromatic heterocycles. The van der Waals surface area contributed by atoms with E-state index in [0.717, 1.165) is 30.3 Å². The van der Waals surface area contributed by atoms with Crippen molar-refractivity contribution in [2.24, 2.45) is 5.92 Å². The van der Waals surface area contributed by atoms with Gasteiger partial charge in [0.15, 0.2) is 0 Å². The standard InChI is InChI=1S/C17H25NO2/c1-2-13-6-5-10-18(11-9-13)15-12-20-16-8-4-3-7-14(16)17(15)19/h3-4,7-8,13,15,17,19H,2,5-6,9-12H2,1H3. The van der Waals surface area contributed by atoms with Crippen LogP contribution in [-0.2, 0) is 0 Å². The average Bonchev–Trinajstić information content (AvgIpc) is 2.73. The second kappa shape index (κ2) is 6.15. The summed E-state index contributed by atoms with van der Waals surface area (Å²) >= 11 is 0. The molecule has 0 saturated carbocycles. The predicted octanol–water partition coefficient (Wildman–Crippen LogP) is 2.99. The van der Waals surface area contributed by atoms with Crippen molar-refractivity contribution in [1.29, 1.82) is 0 Å². The van der Waals surface area contributed by atoms with Crippen LogP contribution in [0.5, 0.6) is 5.75 Å². The summed E-state index contributed by atoms with van der Waals surface area (Å²) < 4.78 is 5.85. The van der Waals surface area contributed by atoms with E-state index >= 15 is 0 Å². The lowest BCUT2D eigenvalue weighted by molar-refractivity contribution is 0.00440. The topological polar surface area (TPSA) is 32.7 Å². The van der Waals surface area contributed by atoms with Gasteiger partial charge >= 0.3 is 0 Å². The average molecular weight is 275 g/mol. The van der Waals surface area contributed by atoms with Crippen LogP contribution in [0.1, 0.15) is 44.3 Å². The van der Waals surface area contributed by atoms with Crippen molar-refractivity contribution in [3.05, 3.63) is 29.8 Å². The summed E-state index contributed by atoms with van der Waals surface area (Å²) in [6.45, 7) is 5.07. The molecule has 0 bridgehead atoms. The first kappa shape index (κ1) is 13.9. The second-order valence-corrected chi connectivity index (χ2v) is 6.10. The number of fused-ring (bicyclic) bond motifs is 1. The number of ether oxygens (including phenoxy) is 1. The molecule has 110 valence electrons. The first-order chi connectivity index (χ1) is 9.79. The van der Waals surface area contributed by atoms with Gasteiger partial charge in [-0.05, 0) is 44.3 Å². The molecule has 1 N–H and O–H groups in total. The van der Waals surface area contributed by atoms with E-state index in [1.165, 1.54) is 25.7 Å². The van der Waals surface area contributed by atoms with Gasteiger partial charge in [0.2, 0.25) is 0 Å². The Labute approximate surface area is 121 Å². The third kappa shape index (κ3) is 2.70. The fraction of sp³-hybridized carbons (Fsp3) is 0.647. The summed E-state index contributed by atoms with van der Waals surface area (Å²) in [7, 11) is 0. The van der Waals surface area contributed by atoms with E-state index in [9.17, 15) is 5.11 Å². The number of rotatable bonds is 2. The summed E-state index contributed by atoms with van der Waals surface area (Å²) in [6, 6.07) is 7.98. The van der Waals surface area contributed by atoms with E-state index in [2.05, 4.69) is 11.8 Å². The first-order valence-electron chi connectivity index (χ1n) is 7.93. The van der Waals surface area contributed by atoms with Crippen LogP contribution in [0.15, 0.2) is 24.3 Å². The van der Waals surface area contributed by atoms with Crippen molar-refractivity contribution in [3.8, 4) is 5.75 Å². The van der Waals surface area contributed by atoms with E-state index in [0.29, 0.717) is 6.61 Å². The summed E-state index contributed by atoms with van der Waals surface area (Å²) in [6.07, 6.45) is 4.68. The van der Waals surface area contributed by atoms with Gasteiger partial charge in [0.1, 0.15) is 18.5 Å². The highest BCUT2D eigenvalue weighted by molar-refractivity contribution is 5.37. The molecule has 1 aromatic carbocycles. The maximum absolute atomic E-state index is 10.7. The molecule has 0 amide bonds. The molecule has 0 radical (unpaired) electrons. The Morgan fingerprint density at radius 1 is 1.25 bits per heavy atom. The number of aliphatic hydroxyl groups is 1. The monoisotopic (exact) mass is 275 g/mol. The fourth-order valence-electron chi connectivity index (χ4n) is 3.56. The first-order valence-corrected chi connectivity index (χ1v) is 7.93. The minimum Gasteiger partial charge on any atom is -0.491 e. The molecule has 3 rings (SSSR count). The Hall–Kier alpha value is -1.06. The number of benzene rings is 1. The maximum atomic E-state index is 10.7. The summed E-state index contributed by atoms with van der Waals surface area (Å²) in [5, 5.41) is 10.7. The van der Waals surface area contributed by atoms with Crippen molar-refractivity contribution in [2.45, 2.75) is 44.8 Å². The number of aliphatic hydroxyl groups excluding tert-OH is 1. The van der Waals surface area contributed by atoms with E-state index in [1.807, 2.05) is 24.3 Å². The zero-order valence-electron chi connectivity index (χ0n) is 12.3. The smallest absolute Gasteiger partial charge is 0.125 e. The number of para-hydroxylation sites is 1. The van der Waals surface area contributed by atoms with Crippen molar-refractivity contribution in [3.63, 3.8) is 0 Å². The van der Waals surface area contributed by atoms with E-state index in [1.54, 1.807) is 0 Å². The molecule has 2 heterocycles. The largest absolute Gasteiger partial charge is 0.491 e. The zero-order chi connectivity index (χ0) is 13.9. The van der Waals surface area contributed by atoms with Gasteiger partial charge in [-0.3, -0.25) is 4.90 Å². The minimum atomic E-state index is -0.418. The molecule has 0 aliphatic carbocycles. The molecule has 3 unspecified atom stereocenters. The van der Waals surface area contributed by atoms with Crippen LogP contribution in [-0.4, -0.2) is 35.7 Å². The van der Waals surface area contributed by atoms with Gasteiger partial charge in [0, 0.05) is 5.56 Å². The molecule has 1 fully saturated rings. The second-order valence-electron chi connectivity index (χ2n) is 6.10. The van der Waals surface area contributed by atoms with Gasteiger partial charge in [-0.15, -0.1) is 0 Å². The van der Waals surface area contributed by atoms with Gasteiger partial charge in [-0.25, -0.2) is 0 Å². The number of likely N-dealkylation sites (tertiary alicyclic amines) is 1. The molecule has 1 saturated heterocycles. The maximum Gasteiger partial charge on any atom is 0.125 e. The molecule has 2 aliphatic rings. The molecule has 0 spiro atoms. The van der Waals surface area contributed by atoms with Crippen LogP contribution in [0.3, 0.4) is 0 Å². The van der Waals surface area contributed by atoms with Crippen LogP contribution in [0.4, 0.5) is 0 Å². The predicted molar refractivity (Wildman–Crippen MR) is 79.9 cm³/mol. The molecule has 20 heavy (non-hydrogen) atoms. The van der Waals surface area contributed by atoms with E-state index < -0.39 is 6.10 Å². The molecule has 3 heteroatoms. The molecule has 3 atom stereocenters. The minimum absolute atomic E-state index is 0.112. The van der Waals surface area contributed by atoms with E-state index in [4.69, 9.17) is 4.74 Å². The summed E-state index contributed by atoms with van der Waals surface area (Å²) in [5.41, 5.74) is 0.944. The Bertz CT molecular complexity index is 448. The fourth-order valence-corrected chi connectivity index (χ4v) is 3.56. The van der Waals surface area contributed by atoms with Gasteiger partial charge in [-0.1, -0.05) is 31.5 Å². The van der Waals surface area contributed by atoms with Gasteiger partial charge < -0.3 is 9.84 Å². The quantitative estimate of drug-likeness (QED) is 0.900. The van der Waals surface area contributed by atoms with Crippen LogP contribution < -0.4 is 4.74 Å². The summed E-state index contributed by atoms with van der Waals surface area (Å²) in [5.74, 6) is 1.70. The number of hydrogen-bond donors (Lipinski definition) is 1. The lowest BCUT2D eigenvalue weighted by atomic mass is 9.97. The Morgan fingerprint density at radius 3 is 2.95 bits per heavy atom. The van der Waals surface area contributed by atoms with Crippen LogP contribution in [0.2, 0.25) is 0 Å². The Morgan fingerprint density at radius 2 is 2.10 bits per heavy atom. The van der Waals surface area contributed by atoms with Crippen molar-refractivity contribution in [2.75, 3.05) is 19.7 Å². The highest BCUT2D eigenvalue weighted by Gasteiger charge is 2.34. The lowest BCUT2D eigenvalue weighted by Gasteiger charge is -2.37. The number of nitrogens with zero attached hydrogens (tertiary/aromatic N) is 1. The van der Waals surface area contributed by atoms with Crippen molar-refractivity contribution < 1.29 is 9.84 Å². The Balaban J connectivity index is 1.72. The Kier molecular flexibility index (Phi) is 4.27. The van der Waals surface area contributed by atoms with Crippen LogP contribution in [0, 0.1) is 5.92 Å². The molecular formula is C17H25NO2. The van der Waals surface area contributed by atoms with E-state index in [-0.39, 0.29) is 6.04 Å².